The summed E-state index contributed by atoms with van der Waals surface area (Å²) in [5, 5.41) is 4.18. The van der Waals surface area contributed by atoms with E-state index >= 15 is 0 Å². The minimum Gasteiger partial charge on any atom is -0.460 e. The van der Waals surface area contributed by atoms with Crippen LogP contribution in [0.25, 0.3) is 0 Å². The summed E-state index contributed by atoms with van der Waals surface area (Å²) in [5.41, 5.74) is 0. The van der Waals surface area contributed by atoms with Crippen molar-refractivity contribution in [3.63, 3.8) is 0 Å². The van der Waals surface area contributed by atoms with Crippen LogP contribution in [0.3, 0.4) is 0 Å². The highest BCUT2D eigenvalue weighted by Crippen LogP contribution is 2.60. The quantitative estimate of drug-likeness (QED) is 0.768. The topological polar surface area (TPSA) is 57.0 Å². The highest BCUT2D eigenvalue weighted by molar-refractivity contribution is 5.85. The largest absolute Gasteiger partial charge is 0.460 e. The molecule has 0 bridgehead atoms. The summed E-state index contributed by atoms with van der Waals surface area (Å²) in [6, 6.07) is 0. The van der Waals surface area contributed by atoms with Crippen molar-refractivity contribution in [1.82, 2.24) is 14.8 Å². The number of ether oxygens (including phenoxy) is 1. The third-order valence-electron chi connectivity index (χ3n) is 4.21. The van der Waals surface area contributed by atoms with E-state index in [0.717, 1.165) is 17.7 Å². The Morgan fingerprint density at radius 3 is 2.67 bits per heavy atom. The molecule has 0 saturated heterocycles. The molecule has 0 aliphatic heterocycles. The van der Waals surface area contributed by atoms with E-state index in [1.165, 1.54) is 25.7 Å². The lowest BCUT2D eigenvalue weighted by Gasteiger charge is -2.04. The van der Waals surface area contributed by atoms with Gasteiger partial charge in [0.1, 0.15) is 5.82 Å². The van der Waals surface area contributed by atoms with Gasteiger partial charge in [0, 0.05) is 13.0 Å². The van der Waals surface area contributed by atoms with Crippen molar-refractivity contribution in [2.75, 3.05) is 6.61 Å². The summed E-state index contributed by atoms with van der Waals surface area (Å²) in [6.07, 6.45) is 5.27. The molecule has 5 heteroatoms. The Morgan fingerprint density at radius 1 is 1.39 bits per heavy atom. The number of hydrogen-bond acceptors (Lipinski definition) is 4. The standard InChI is InChI=1S/C13H19N3O2/c1-3-18-13(17)11-14-12(16(2)15-11)10-8-6-4-5-7-9(8)10/h8-10H,3-7H2,1-2H3. The molecule has 5 nitrogen and oxygen atoms in total. The summed E-state index contributed by atoms with van der Waals surface area (Å²) in [7, 11) is 1.87. The van der Waals surface area contributed by atoms with Crippen molar-refractivity contribution in [1.29, 1.82) is 0 Å². The van der Waals surface area contributed by atoms with Gasteiger partial charge < -0.3 is 4.74 Å². The van der Waals surface area contributed by atoms with Gasteiger partial charge in [-0.1, -0.05) is 12.8 Å². The van der Waals surface area contributed by atoms with E-state index in [4.69, 9.17) is 4.74 Å². The Balaban J connectivity index is 1.79. The van der Waals surface area contributed by atoms with Crippen LogP contribution in [-0.4, -0.2) is 27.3 Å². The van der Waals surface area contributed by atoms with Crippen molar-refractivity contribution in [2.24, 2.45) is 18.9 Å². The van der Waals surface area contributed by atoms with Crippen LogP contribution >= 0.6 is 0 Å². The number of esters is 1. The van der Waals surface area contributed by atoms with Gasteiger partial charge in [-0.05, 0) is 31.6 Å². The Morgan fingerprint density at radius 2 is 2.06 bits per heavy atom. The Labute approximate surface area is 107 Å². The fourth-order valence-electron chi connectivity index (χ4n) is 3.34. The van der Waals surface area contributed by atoms with Crippen molar-refractivity contribution >= 4 is 5.97 Å². The first kappa shape index (κ1) is 11.7. The van der Waals surface area contributed by atoms with Crippen LogP contribution in [0.1, 0.15) is 55.0 Å². The molecule has 1 heterocycles. The van der Waals surface area contributed by atoms with Crippen LogP contribution in [0.15, 0.2) is 0 Å². The molecule has 3 rings (SSSR count). The SMILES string of the molecule is CCOC(=O)c1nc(C2C3CCCCC32)n(C)n1. The molecule has 2 aliphatic rings. The Kier molecular flexibility index (Phi) is 2.84. The second kappa shape index (κ2) is 4.37. The van der Waals surface area contributed by atoms with E-state index in [9.17, 15) is 4.79 Å². The number of rotatable bonds is 3. The zero-order valence-electron chi connectivity index (χ0n) is 10.9. The minimum absolute atomic E-state index is 0.206. The first-order valence-electron chi connectivity index (χ1n) is 6.80. The smallest absolute Gasteiger partial charge is 0.378 e. The van der Waals surface area contributed by atoms with E-state index in [1.807, 2.05) is 7.05 Å². The Bertz CT molecular complexity index is 457. The lowest BCUT2D eigenvalue weighted by atomic mass is 10.0. The predicted molar refractivity (Wildman–Crippen MR) is 65.1 cm³/mol. The van der Waals surface area contributed by atoms with Gasteiger partial charge in [0.05, 0.1) is 6.61 Å². The maximum Gasteiger partial charge on any atom is 0.378 e. The van der Waals surface area contributed by atoms with Crippen LogP contribution in [0.5, 0.6) is 0 Å². The fourth-order valence-corrected chi connectivity index (χ4v) is 3.34. The summed E-state index contributed by atoms with van der Waals surface area (Å²) in [5.74, 6) is 2.83. The lowest BCUT2D eigenvalue weighted by Crippen LogP contribution is -2.07. The Hall–Kier alpha value is -1.39. The molecule has 2 atom stereocenters. The number of aromatic nitrogens is 3. The zero-order valence-corrected chi connectivity index (χ0v) is 10.9. The minimum atomic E-state index is -0.414. The van der Waals surface area contributed by atoms with E-state index < -0.39 is 5.97 Å². The number of carbonyl (C=O) groups excluding carboxylic acids is 1. The number of nitrogens with zero attached hydrogens (tertiary/aromatic N) is 3. The molecule has 2 saturated carbocycles. The van der Waals surface area contributed by atoms with Gasteiger partial charge in [-0.2, -0.15) is 0 Å². The molecule has 98 valence electrons. The van der Waals surface area contributed by atoms with Crippen LogP contribution in [0, 0.1) is 11.8 Å². The average molecular weight is 249 g/mol. The number of aryl methyl sites for hydroxylation is 1. The molecule has 0 spiro atoms. The van der Waals surface area contributed by atoms with E-state index in [-0.39, 0.29) is 5.82 Å². The van der Waals surface area contributed by atoms with E-state index in [1.54, 1.807) is 11.6 Å². The maximum atomic E-state index is 11.6. The predicted octanol–water partition coefficient (Wildman–Crippen LogP) is 1.90. The number of carbonyl (C=O) groups is 1. The summed E-state index contributed by atoms with van der Waals surface area (Å²) in [4.78, 5) is 16.0. The highest BCUT2D eigenvalue weighted by atomic mass is 16.5. The maximum absolute atomic E-state index is 11.6. The van der Waals surface area contributed by atoms with E-state index in [0.29, 0.717) is 12.5 Å². The van der Waals surface area contributed by atoms with Gasteiger partial charge >= 0.3 is 5.97 Å². The molecule has 0 aromatic carbocycles. The molecule has 0 amide bonds. The molecular weight excluding hydrogens is 230 g/mol. The van der Waals surface area contributed by atoms with Gasteiger partial charge in [0.2, 0.25) is 0 Å². The molecule has 0 N–H and O–H groups in total. The van der Waals surface area contributed by atoms with Crippen molar-refractivity contribution in [3.8, 4) is 0 Å². The van der Waals surface area contributed by atoms with Crippen LogP contribution in [-0.2, 0) is 11.8 Å². The number of fused-ring (bicyclic) bond motifs is 1. The van der Waals surface area contributed by atoms with Crippen molar-refractivity contribution < 1.29 is 9.53 Å². The lowest BCUT2D eigenvalue weighted by molar-refractivity contribution is 0.0512. The molecule has 2 unspecified atom stereocenters. The molecule has 1 aromatic heterocycles. The third-order valence-corrected chi connectivity index (χ3v) is 4.21. The van der Waals surface area contributed by atoms with Gasteiger partial charge in [-0.3, -0.25) is 4.68 Å². The monoisotopic (exact) mass is 249 g/mol. The average Bonchev–Trinajstić information content (AvgIpc) is 2.97. The summed E-state index contributed by atoms with van der Waals surface area (Å²) < 4.78 is 6.70. The van der Waals surface area contributed by atoms with Gasteiger partial charge in [-0.15, -0.1) is 5.10 Å². The van der Waals surface area contributed by atoms with Crippen LogP contribution < -0.4 is 0 Å². The molecule has 0 radical (unpaired) electrons. The first-order chi connectivity index (χ1) is 8.72. The second-order valence-corrected chi connectivity index (χ2v) is 5.28. The summed E-state index contributed by atoms with van der Waals surface area (Å²) in [6.45, 7) is 2.15. The molecule has 18 heavy (non-hydrogen) atoms. The normalized spacial score (nSPS) is 29.8. The van der Waals surface area contributed by atoms with Gasteiger partial charge in [0.15, 0.2) is 0 Å². The zero-order chi connectivity index (χ0) is 12.7. The third kappa shape index (κ3) is 1.82. The molecule has 1 aromatic rings. The summed E-state index contributed by atoms with van der Waals surface area (Å²) >= 11 is 0. The van der Waals surface area contributed by atoms with Gasteiger partial charge in [0.25, 0.3) is 5.82 Å². The van der Waals surface area contributed by atoms with Gasteiger partial charge in [-0.25, -0.2) is 9.78 Å². The van der Waals surface area contributed by atoms with Crippen molar-refractivity contribution in [2.45, 2.75) is 38.5 Å². The van der Waals surface area contributed by atoms with Crippen molar-refractivity contribution in [3.05, 3.63) is 11.6 Å². The highest BCUT2D eigenvalue weighted by Gasteiger charge is 2.53. The second-order valence-electron chi connectivity index (χ2n) is 5.28. The molecule has 2 aliphatic carbocycles. The van der Waals surface area contributed by atoms with E-state index in [2.05, 4.69) is 10.1 Å². The number of hydrogen-bond donors (Lipinski definition) is 0. The molecule has 2 fully saturated rings. The van der Waals surface area contributed by atoms with Crippen LogP contribution in [0.2, 0.25) is 0 Å². The fraction of sp³-hybridized carbons (Fsp3) is 0.769. The molecular formula is C13H19N3O2. The first-order valence-corrected chi connectivity index (χ1v) is 6.80. The van der Waals surface area contributed by atoms with Crippen LogP contribution in [0.4, 0.5) is 0 Å².